The third kappa shape index (κ3) is 4.46. The molecule has 3 atom stereocenters. The van der Waals surface area contributed by atoms with Crippen molar-refractivity contribution in [2.24, 2.45) is 5.92 Å². The van der Waals surface area contributed by atoms with Crippen LogP contribution in [0.1, 0.15) is 38.3 Å². The summed E-state index contributed by atoms with van der Waals surface area (Å²) in [5.74, 6) is -0.134. The SMILES string of the molecule is CC[C@H]1CN(Cc2ccccn2)C(=O)C2CCC[C@@H]1N2S(=O)(=O)c1cc(Cl)cc(Cl)c1. The van der Waals surface area contributed by atoms with Gasteiger partial charge in [-0.2, -0.15) is 4.31 Å². The summed E-state index contributed by atoms with van der Waals surface area (Å²) in [7, 11) is -3.96. The molecule has 0 N–H and O–H groups in total. The van der Waals surface area contributed by atoms with Crippen LogP contribution in [0.15, 0.2) is 47.5 Å². The van der Waals surface area contributed by atoms with Crippen molar-refractivity contribution < 1.29 is 13.2 Å². The van der Waals surface area contributed by atoms with E-state index in [9.17, 15) is 13.2 Å². The molecule has 9 heteroatoms. The molecule has 0 spiro atoms. The molecule has 1 aromatic heterocycles. The van der Waals surface area contributed by atoms with Gasteiger partial charge in [0.25, 0.3) is 0 Å². The first-order valence-corrected chi connectivity index (χ1v) is 12.7. The molecule has 3 heterocycles. The van der Waals surface area contributed by atoms with Crippen molar-refractivity contribution in [1.82, 2.24) is 14.2 Å². The molecule has 2 saturated heterocycles. The molecule has 166 valence electrons. The second-order valence-corrected chi connectivity index (χ2v) is 10.9. The van der Waals surface area contributed by atoms with Crippen LogP contribution in [0.25, 0.3) is 0 Å². The number of hydrogen-bond acceptors (Lipinski definition) is 4. The maximum atomic E-state index is 13.8. The van der Waals surface area contributed by atoms with Crippen molar-refractivity contribution in [2.75, 3.05) is 6.54 Å². The Labute approximate surface area is 193 Å². The fourth-order valence-corrected chi connectivity index (χ4v) is 7.38. The van der Waals surface area contributed by atoms with Crippen LogP contribution in [0, 0.1) is 5.92 Å². The molecule has 2 aromatic rings. The van der Waals surface area contributed by atoms with E-state index in [4.69, 9.17) is 23.2 Å². The predicted molar refractivity (Wildman–Crippen MR) is 120 cm³/mol. The van der Waals surface area contributed by atoms with Gasteiger partial charge in [0.15, 0.2) is 0 Å². The molecule has 1 unspecified atom stereocenters. The summed E-state index contributed by atoms with van der Waals surface area (Å²) in [5, 5.41) is 0.502. The Morgan fingerprint density at radius 3 is 2.52 bits per heavy atom. The van der Waals surface area contributed by atoms with Gasteiger partial charge in [0.2, 0.25) is 15.9 Å². The highest BCUT2D eigenvalue weighted by molar-refractivity contribution is 7.89. The van der Waals surface area contributed by atoms with Gasteiger partial charge in [-0.25, -0.2) is 8.42 Å². The van der Waals surface area contributed by atoms with Crippen LogP contribution in [0.4, 0.5) is 0 Å². The zero-order valence-electron chi connectivity index (χ0n) is 17.2. The first-order chi connectivity index (χ1) is 14.8. The lowest BCUT2D eigenvalue weighted by atomic mass is 9.89. The maximum absolute atomic E-state index is 13.8. The van der Waals surface area contributed by atoms with E-state index in [0.29, 0.717) is 19.5 Å². The van der Waals surface area contributed by atoms with E-state index in [1.165, 1.54) is 22.5 Å². The predicted octanol–water partition coefficient (Wildman–Crippen LogP) is 4.37. The Bertz CT molecular complexity index is 1040. The highest BCUT2D eigenvalue weighted by atomic mass is 35.5. The Morgan fingerprint density at radius 1 is 1.13 bits per heavy atom. The summed E-state index contributed by atoms with van der Waals surface area (Å²) in [6, 6.07) is 8.93. The fourth-order valence-electron chi connectivity index (χ4n) is 4.76. The first-order valence-electron chi connectivity index (χ1n) is 10.5. The number of hydrogen-bond donors (Lipinski definition) is 0. The molecular formula is C22H25Cl2N3O3S. The number of nitrogens with zero attached hydrogens (tertiary/aromatic N) is 3. The van der Waals surface area contributed by atoms with Gasteiger partial charge in [-0.05, 0) is 55.5 Å². The van der Waals surface area contributed by atoms with E-state index in [0.717, 1.165) is 25.0 Å². The molecule has 2 bridgehead atoms. The van der Waals surface area contributed by atoms with Gasteiger partial charge in [-0.3, -0.25) is 9.78 Å². The highest BCUT2D eigenvalue weighted by Gasteiger charge is 2.49. The molecule has 0 radical (unpaired) electrons. The summed E-state index contributed by atoms with van der Waals surface area (Å²) in [5.41, 5.74) is 0.790. The third-order valence-electron chi connectivity index (χ3n) is 6.22. The second kappa shape index (κ2) is 9.06. The molecule has 1 amide bonds. The van der Waals surface area contributed by atoms with E-state index in [-0.39, 0.29) is 32.8 Å². The third-order valence-corrected chi connectivity index (χ3v) is 8.57. The topological polar surface area (TPSA) is 70.6 Å². The zero-order chi connectivity index (χ0) is 22.2. The van der Waals surface area contributed by atoms with Crippen LogP contribution in [0.3, 0.4) is 0 Å². The minimum absolute atomic E-state index is 0.0300. The lowest BCUT2D eigenvalue weighted by Gasteiger charge is -2.40. The lowest BCUT2D eigenvalue weighted by molar-refractivity contribution is -0.135. The van der Waals surface area contributed by atoms with Gasteiger partial charge in [0.1, 0.15) is 6.04 Å². The number of carbonyl (C=O) groups is 1. The Hall–Kier alpha value is -1.67. The molecule has 2 aliphatic rings. The summed E-state index contributed by atoms with van der Waals surface area (Å²) in [6.45, 7) is 2.93. The molecule has 6 nitrogen and oxygen atoms in total. The van der Waals surface area contributed by atoms with Gasteiger partial charge < -0.3 is 4.90 Å². The second-order valence-electron chi connectivity index (χ2n) is 8.16. The number of sulfonamides is 1. The summed E-state index contributed by atoms with van der Waals surface area (Å²) in [6.07, 6.45) is 4.52. The van der Waals surface area contributed by atoms with Crippen LogP contribution in [-0.4, -0.2) is 47.1 Å². The Balaban J connectivity index is 1.75. The van der Waals surface area contributed by atoms with Crippen molar-refractivity contribution in [3.8, 4) is 0 Å². The van der Waals surface area contributed by atoms with Crippen LogP contribution in [0.5, 0.6) is 0 Å². The number of fused-ring (bicyclic) bond motifs is 2. The van der Waals surface area contributed by atoms with E-state index >= 15 is 0 Å². The number of halogens is 2. The minimum Gasteiger partial charge on any atom is -0.335 e. The number of aromatic nitrogens is 1. The van der Waals surface area contributed by atoms with E-state index in [1.807, 2.05) is 25.1 Å². The highest BCUT2D eigenvalue weighted by Crippen LogP contribution is 2.39. The van der Waals surface area contributed by atoms with Gasteiger partial charge in [-0.1, -0.05) is 42.6 Å². The van der Waals surface area contributed by atoms with Gasteiger partial charge in [0, 0.05) is 28.8 Å². The van der Waals surface area contributed by atoms with Crippen LogP contribution >= 0.6 is 23.2 Å². The average molecular weight is 482 g/mol. The number of benzene rings is 1. The number of carbonyl (C=O) groups excluding carboxylic acids is 1. The van der Waals surface area contributed by atoms with Crippen molar-refractivity contribution in [3.63, 3.8) is 0 Å². The molecule has 0 aliphatic carbocycles. The quantitative estimate of drug-likeness (QED) is 0.635. The Morgan fingerprint density at radius 2 is 1.87 bits per heavy atom. The zero-order valence-corrected chi connectivity index (χ0v) is 19.6. The monoisotopic (exact) mass is 481 g/mol. The van der Waals surface area contributed by atoms with E-state index < -0.39 is 16.1 Å². The lowest BCUT2D eigenvalue weighted by Crippen LogP contribution is -2.54. The van der Waals surface area contributed by atoms with Gasteiger partial charge in [0.05, 0.1) is 17.1 Å². The number of pyridine rings is 1. The van der Waals surface area contributed by atoms with Crippen molar-refractivity contribution in [1.29, 1.82) is 0 Å². The number of piperidine rings is 1. The smallest absolute Gasteiger partial charge is 0.244 e. The summed E-state index contributed by atoms with van der Waals surface area (Å²) >= 11 is 12.2. The molecule has 2 aliphatic heterocycles. The molecule has 1 aromatic carbocycles. The molecular weight excluding hydrogens is 457 g/mol. The fraction of sp³-hybridized carbons (Fsp3) is 0.455. The molecule has 0 saturated carbocycles. The molecule has 31 heavy (non-hydrogen) atoms. The van der Waals surface area contributed by atoms with Gasteiger partial charge in [-0.15, -0.1) is 0 Å². The van der Waals surface area contributed by atoms with Crippen molar-refractivity contribution >= 4 is 39.1 Å². The van der Waals surface area contributed by atoms with Crippen LogP contribution in [0.2, 0.25) is 10.0 Å². The number of amides is 1. The Kier molecular flexibility index (Phi) is 6.58. The largest absolute Gasteiger partial charge is 0.335 e. The summed E-state index contributed by atoms with van der Waals surface area (Å²) in [4.78, 5) is 19.7. The average Bonchev–Trinajstić information content (AvgIpc) is 2.81. The first kappa shape index (κ1) is 22.5. The molecule has 2 fully saturated rings. The van der Waals surface area contributed by atoms with Gasteiger partial charge >= 0.3 is 0 Å². The summed E-state index contributed by atoms with van der Waals surface area (Å²) < 4.78 is 29.0. The van der Waals surface area contributed by atoms with E-state index in [2.05, 4.69) is 4.98 Å². The van der Waals surface area contributed by atoms with E-state index in [1.54, 1.807) is 11.1 Å². The maximum Gasteiger partial charge on any atom is 0.244 e. The van der Waals surface area contributed by atoms with Crippen LogP contribution < -0.4 is 0 Å². The molecule has 4 rings (SSSR count). The normalized spacial score (nSPS) is 24.8. The van der Waals surface area contributed by atoms with Crippen molar-refractivity contribution in [3.05, 3.63) is 58.3 Å². The minimum atomic E-state index is -3.96. The number of rotatable bonds is 5. The van der Waals surface area contributed by atoms with Crippen molar-refractivity contribution in [2.45, 2.75) is 56.1 Å². The standard InChI is InChI=1S/C22H25Cl2N3O3S/c1-2-15-13-26(14-18-6-3-4-9-25-18)22(28)21-8-5-7-20(15)27(21)31(29,30)19-11-16(23)10-17(24)12-19/h3-4,6,9-12,15,20-21H,2,5,7-8,13-14H2,1H3/t15-,20-,21?/m0/s1. The van der Waals surface area contributed by atoms with Crippen LogP contribution in [-0.2, 0) is 21.4 Å².